The molecule has 0 aliphatic heterocycles. The van der Waals surface area contributed by atoms with E-state index < -0.39 is 0 Å². The van der Waals surface area contributed by atoms with Crippen molar-refractivity contribution in [2.75, 3.05) is 24.0 Å². The highest BCUT2D eigenvalue weighted by Gasteiger charge is 2.13. The Labute approximate surface area is 99.8 Å². The minimum atomic E-state index is -0.347. The van der Waals surface area contributed by atoms with Crippen LogP contribution in [0.4, 0.5) is 10.1 Å². The van der Waals surface area contributed by atoms with Gasteiger partial charge >= 0.3 is 0 Å². The van der Waals surface area contributed by atoms with E-state index in [9.17, 15) is 9.18 Å². The van der Waals surface area contributed by atoms with Crippen molar-refractivity contribution in [3.8, 4) is 0 Å². The molecule has 1 aromatic carbocycles. The fourth-order valence-electron chi connectivity index (χ4n) is 1.47. The molecule has 0 aliphatic carbocycles. The Hall–Kier alpha value is -1.03. The van der Waals surface area contributed by atoms with Crippen molar-refractivity contribution in [2.45, 2.75) is 13.0 Å². The van der Waals surface area contributed by atoms with Crippen LogP contribution >= 0.6 is 11.8 Å². The summed E-state index contributed by atoms with van der Waals surface area (Å²) in [6.07, 6.45) is 2.67. The summed E-state index contributed by atoms with van der Waals surface area (Å²) in [4.78, 5) is 12.4. The van der Waals surface area contributed by atoms with Gasteiger partial charge in [0.05, 0.1) is 5.69 Å². The average Bonchev–Trinajstić information content (AvgIpc) is 2.28. The lowest BCUT2D eigenvalue weighted by Gasteiger charge is -2.26. The Morgan fingerprint density at radius 2 is 2.25 bits per heavy atom. The molecule has 0 N–H and O–H groups in total. The van der Waals surface area contributed by atoms with Gasteiger partial charge in [0.25, 0.3) is 0 Å². The molecule has 0 spiro atoms. The molecule has 0 aromatic heterocycles. The summed E-state index contributed by atoms with van der Waals surface area (Å²) in [5, 5.41) is 0. The maximum absolute atomic E-state index is 13.7. The van der Waals surface area contributed by atoms with Gasteiger partial charge in [0.2, 0.25) is 0 Å². The lowest BCUT2D eigenvalue weighted by atomic mass is 10.2. The second-order valence-corrected chi connectivity index (χ2v) is 4.65. The SMILES string of the molecule is CSCC(C)N(C)c1ccc(C=O)cc1F. The third-order valence-corrected chi connectivity index (χ3v) is 3.37. The van der Waals surface area contributed by atoms with Crippen LogP contribution in [0.1, 0.15) is 17.3 Å². The highest BCUT2D eigenvalue weighted by Crippen LogP contribution is 2.21. The van der Waals surface area contributed by atoms with Gasteiger partial charge in [-0.2, -0.15) is 11.8 Å². The van der Waals surface area contributed by atoms with Gasteiger partial charge in [-0.3, -0.25) is 4.79 Å². The number of thioether (sulfide) groups is 1. The molecule has 1 aromatic rings. The summed E-state index contributed by atoms with van der Waals surface area (Å²) in [5.74, 6) is 0.589. The van der Waals surface area contributed by atoms with Gasteiger partial charge in [-0.25, -0.2) is 4.39 Å². The number of rotatable bonds is 5. The van der Waals surface area contributed by atoms with Crippen LogP contribution in [0.15, 0.2) is 18.2 Å². The molecule has 0 radical (unpaired) electrons. The van der Waals surface area contributed by atoms with E-state index in [2.05, 4.69) is 0 Å². The number of hydrogen-bond donors (Lipinski definition) is 0. The summed E-state index contributed by atoms with van der Waals surface area (Å²) < 4.78 is 13.7. The lowest BCUT2D eigenvalue weighted by molar-refractivity contribution is 0.112. The van der Waals surface area contributed by atoms with Gasteiger partial charge in [0.15, 0.2) is 0 Å². The van der Waals surface area contributed by atoms with E-state index in [1.165, 1.54) is 6.07 Å². The van der Waals surface area contributed by atoms with Crippen molar-refractivity contribution in [1.29, 1.82) is 0 Å². The molecule has 0 fully saturated rings. The smallest absolute Gasteiger partial charge is 0.150 e. The maximum Gasteiger partial charge on any atom is 0.150 e. The fraction of sp³-hybridized carbons (Fsp3) is 0.417. The Balaban J connectivity index is 2.91. The summed E-state index contributed by atoms with van der Waals surface area (Å²) in [6.45, 7) is 2.05. The molecule has 1 rings (SSSR count). The Morgan fingerprint density at radius 1 is 1.56 bits per heavy atom. The average molecular weight is 241 g/mol. The first-order valence-corrected chi connectivity index (χ1v) is 6.46. The van der Waals surface area contributed by atoms with Crippen LogP contribution in [-0.2, 0) is 0 Å². The Morgan fingerprint density at radius 3 is 2.75 bits per heavy atom. The number of anilines is 1. The van der Waals surface area contributed by atoms with Crippen LogP contribution in [-0.4, -0.2) is 31.4 Å². The van der Waals surface area contributed by atoms with E-state index >= 15 is 0 Å². The predicted molar refractivity (Wildman–Crippen MR) is 68.0 cm³/mol. The van der Waals surface area contributed by atoms with Crippen molar-refractivity contribution in [3.63, 3.8) is 0 Å². The predicted octanol–water partition coefficient (Wildman–Crippen LogP) is 2.83. The summed E-state index contributed by atoms with van der Waals surface area (Å²) in [6, 6.07) is 4.81. The minimum absolute atomic E-state index is 0.256. The monoisotopic (exact) mass is 241 g/mol. The number of halogens is 1. The molecule has 16 heavy (non-hydrogen) atoms. The number of hydrogen-bond acceptors (Lipinski definition) is 3. The molecule has 0 saturated heterocycles. The van der Waals surface area contributed by atoms with E-state index in [-0.39, 0.29) is 11.9 Å². The highest BCUT2D eigenvalue weighted by atomic mass is 32.2. The topological polar surface area (TPSA) is 20.3 Å². The third kappa shape index (κ3) is 2.98. The summed E-state index contributed by atoms with van der Waals surface area (Å²) >= 11 is 1.73. The van der Waals surface area contributed by atoms with Gasteiger partial charge in [-0.1, -0.05) is 0 Å². The van der Waals surface area contributed by atoms with Crippen molar-refractivity contribution in [2.24, 2.45) is 0 Å². The molecular weight excluding hydrogens is 225 g/mol. The molecule has 0 heterocycles. The number of benzene rings is 1. The summed E-state index contributed by atoms with van der Waals surface area (Å²) in [5.41, 5.74) is 0.902. The van der Waals surface area contributed by atoms with Gasteiger partial charge in [-0.05, 0) is 31.4 Å². The molecule has 4 heteroatoms. The number of carbonyl (C=O) groups excluding carboxylic acids is 1. The van der Waals surface area contributed by atoms with Crippen LogP contribution in [0.25, 0.3) is 0 Å². The van der Waals surface area contributed by atoms with Crippen molar-refractivity contribution < 1.29 is 9.18 Å². The molecule has 2 nitrogen and oxygen atoms in total. The van der Waals surface area contributed by atoms with Crippen molar-refractivity contribution in [3.05, 3.63) is 29.6 Å². The van der Waals surface area contributed by atoms with Gasteiger partial charge in [0.1, 0.15) is 12.1 Å². The van der Waals surface area contributed by atoms with Gasteiger partial charge in [-0.15, -0.1) is 0 Å². The van der Waals surface area contributed by atoms with E-state index in [4.69, 9.17) is 0 Å². The highest BCUT2D eigenvalue weighted by molar-refractivity contribution is 7.98. The molecule has 0 bridgehead atoms. The number of carbonyl (C=O) groups is 1. The Kier molecular flexibility index (Phi) is 4.80. The van der Waals surface area contributed by atoms with E-state index in [1.54, 1.807) is 23.9 Å². The molecule has 88 valence electrons. The number of nitrogens with zero attached hydrogens (tertiary/aromatic N) is 1. The molecular formula is C12H16FNOS. The largest absolute Gasteiger partial charge is 0.369 e. The van der Waals surface area contributed by atoms with Crippen LogP contribution in [0.3, 0.4) is 0 Å². The van der Waals surface area contributed by atoms with E-state index in [0.717, 1.165) is 5.75 Å². The van der Waals surface area contributed by atoms with Crippen LogP contribution in [0, 0.1) is 5.82 Å². The minimum Gasteiger partial charge on any atom is -0.369 e. The molecule has 0 aliphatic rings. The lowest BCUT2D eigenvalue weighted by Crippen LogP contribution is -2.31. The standard InChI is InChI=1S/C12H16FNOS/c1-9(8-16-3)14(2)12-5-4-10(7-15)6-11(12)13/h4-7,9H,8H2,1-3H3. The zero-order chi connectivity index (χ0) is 12.1. The fourth-order valence-corrected chi connectivity index (χ4v) is 2.18. The third-order valence-electron chi connectivity index (χ3n) is 2.56. The molecule has 0 saturated carbocycles. The molecule has 1 atom stereocenters. The van der Waals surface area contributed by atoms with Gasteiger partial charge < -0.3 is 4.90 Å². The van der Waals surface area contributed by atoms with E-state index in [0.29, 0.717) is 17.5 Å². The first-order valence-electron chi connectivity index (χ1n) is 5.06. The second kappa shape index (κ2) is 5.89. The van der Waals surface area contributed by atoms with Gasteiger partial charge in [0, 0.05) is 24.4 Å². The van der Waals surface area contributed by atoms with Crippen LogP contribution in [0.5, 0.6) is 0 Å². The first-order chi connectivity index (χ1) is 7.60. The first kappa shape index (κ1) is 13.0. The van der Waals surface area contributed by atoms with Crippen LogP contribution in [0.2, 0.25) is 0 Å². The molecule has 0 amide bonds. The van der Waals surface area contributed by atoms with Crippen LogP contribution < -0.4 is 4.90 Å². The van der Waals surface area contributed by atoms with Crippen molar-refractivity contribution in [1.82, 2.24) is 0 Å². The second-order valence-electron chi connectivity index (χ2n) is 3.74. The van der Waals surface area contributed by atoms with E-state index in [1.807, 2.05) is 25.1 Å². The summed E-state index contributed by atoms with van der Waals surface area (Å²) in [7, 11) is 1.86. The number of aldehydes is 1. The Bertz CT molecular complexity index is 370. The maximum atomic E-state index is 13.7. The quantitative estimate of drug-likeness (QED) is 0.739. The zero-order valence-electron chi connectivity index (χ0n) is 9.74. The zero-order valence-corrected chi connectivity index (χ0v) is 10.6. The van der Waals surface area contributed by atoms with Crippen molar-refractivity contribution >= 4 is 23.7 Å². The molecule has 1 unspecified atom stereocenters. The normalized spacial score (nSPS) is 12.2.